The maximum absolute atomic E-state index is 12.3. The van der Waals surface area contributed by atoms with Gasteiger partial charge in [0, 0.05) is 26.2 Å². The van der Waals surface area contributed by atoms with Gasteiger partial charge in [-0.3, -0.25) is 0 Å². The van der Waals surface area contributed by atoms with E-state index in [4.69, 9.17) is 5.73 Å². The number of anilines is 1. The molecule has 0 atom stereocenters. The predicted molar refractivity (Wildman–Crippen MR) is 68.8 cm³/mol. The Kier molecular flexibility index (Phi) is 3.47. The molecule has 1 aliphatic heterocycles. The van der Waals surface area contributed by atoms with Crippen molar-refractivity contribution in [2.75, 3.05) is 39.0 Å². The van der Waals surface area contributed by atoms with Gasteiger partial charge >= 0.3 is 0 Å². The topological polar surface area (TPSA) is 86.9 Å². The summed E-state index contributed by atoms with van der Waals surface area (Å²) in [6.07, 6.45) is 0. The summed E-state index contributed by atoms with van der Waals surface area (Å²) in [6, 6.07) is 3.97. The summed E-state index contributed by atoms with van der Waals surface area (Å²) < 4.78 is 26.1. The molecule has 0 amide bonds. The van der Waals surface area contributed by atoms with Gasteiger partial charge in [-0.1, -0.05) is 0 Å². The molecular weight excluding hydrogens is 254 g/mol. The van der Waals surface area contributed by atoms with Crippen LogP contribution in [0, 0.1) is 0 Å². The molecule has 0 unspecified atom stereocenters. The molecule has 0 spiro atoms. The zero-order valence-corrected chi connectivity index (χ0v) is 11.0. The quantitative estimate of drug-likeness (QED) is 0.580. The maximum Gasteiger partial charge on any atom is 0.243 e. The molecule has 0 bridgehead atoms. The lowest BCUT2D eigenvalue weighted by atomic mass is 10.3. The first kappa shape index (κ1) is 13.1. The van der Waals surface area contributed by atoms with Crippen LogP contribution in [0.15, 0.2) is 23.1 Å². The molecule has 0 aliphatic carbocycles. The van der Waals surface area contributed by atoms with E-state index in [2.05, 4.69) is 4.90 Å². The predicted octanol–water partition coefficient (Wildman–Crippen LogP) is -0.0895. The minimum atomic E-state index is -3.51. The summed E-state index contributed by atoms with van der Waals surface area (Å²) in [7, 11) is -1.55. The van der Waals surface area contributed by atoms with E-state index in [0.717, 1.165) is 0 Å². The van der Waals surface area contributed by atoms with Crippen molar-refractivity contribution in [1.29, 1.82) is 0 Å². The van der Waals surface area contributed by atoms with E-state index >= 15 is 0 Å². The summed E-state index contributed by atoms with van der Waals surface area (Å²) in [5.74, 6) is -0.104. The Morgan fingerprint density at radius 2 is 1.83 bits per heavy atom. The molecule has 1 fully saturated rings. The van der Waals surface area contributed by atoms with Crippen LogP contribution in [0.2, 0.25) is 0 Å². The van der Waals surface area contributed by atoms with Crippen molar-refractivity contribution >= 4 is 15.7 Å². The Balaban J connectivity index is 2.27. The number of phenolic OH excluding ortho intramolecular Hbond substituents is 1. The molecule has 1 heterocycles. The number of benzene rings is 1. The lowest BCUT2D eigenvalue weighted by Gasteiger charge is -2.31. The highest BCUT2D eigenvalue weighted by Gasteiger charge is 2.27. The van der Waals surface area contributed by atoms with Gasteiger partial charge in [-0.05, 0) is 25.2 Å². The number of aromatic hydroxyl groups is 1. The van der Waals surface area contributed by atoms with E-state index in [-0.39, 0.29) is 16.3 Å². The number of hydrogen-bond acceptors (Lipinski definition) is 5. The van der Waals surface area contributed by atoms with Crippen LogP contribution in [0.5, 0.6) is 5.75 Å². The number of piperazine rings is 1. The Hall–Kier alpha value is -1.31. The molecule has 0 radical (unpaired) electrons. The lowest BCUT2D eigenvalue weighted by Crippen LogP contribution is -2.47. The molecule has 1 aromatic rings. The smallest absolute Gasteiger partial charge is 0.243 e. The van der Waals surface area contributed by atoms with Crippen molar-refractivity contribution in [3.8, 4) is 5.75 Å². The molecular formula is C11H17N3O3S. The van der Waals surface area contributed by atoms with Crippen molar-refractivity contribution in [3.05, 3.63) is 18.2 Å². The number of phenols is 1. The third-order valence-electron chi connectivity index (χ3n) is 3.10. The van der Waals surface area contributed by atoms with Gasteiger partial charge in [-0.2, -0.15) is 4.31 Å². The standard InChI is InChI=1S/C11H17N3O3S/c1-13-4-6-14(7-5-13)18(16,17)9-2-3-11(15)10(12)8-9/h2-3,8,15H,4-7,12H2,1H3. The summed E-state index contributed by atoms with van der Waals surface area (Å²) >= 11 is 0. The molecule has 18 heavy (non-hydrogen) atoms. The minimum absolute atomic E-state index is 0.0743. The molecule has 100 valence electrons. The Morgan fingerprint density at radius 3 is 2.39 bits per heavy atom. The van der Waals surface area contributed by atoms with Crippen molar-refractivity contribution in [2.24, 2.45) is 0 Å². The van der Waals surface area contributed by atoms with Gasteiger partial charge in [0.1, 0.15) is 5.75 Å². The van der Waals surface area contributed by atoms with E-state index in [1.54, 1.807) is 0 Å². The second-order valence-corrected chi connectivity index (χ2v) is 6.37. The van der Waals surface area contributed by atoms with Crippen molar-refractivity contribution in [3.63, 3.8) is 0 Å². The minimum Gasteiger partial charge on any atom is -0.506 e. The van der Waals surface area contributed by atoms with Crippen LogP contribution in [0.4, 0.5) is 5.69 Å². The zero-order valence-electron chi connectivity index (χ0n) is 10.2. The molecule has 0 saturated carbocycles. The number of hydrogen-bond donors (Lipinski definition) is 2. The highest BCUT2D eigenvalue weighted by Crippen LogP contribution is 2.25. The first-order valence-corrected chi connectivity index (χ1v) is 7.12. The van der Waals surface area contributed by atoms with Crippen LogP contribution in [0.3, 0.4) is 0 Å². The Morgan fingerprint density at radius 1 is 1.22 bits per heavy atom. The molecule has 6 nitrogen and oxygen atoms in total. The van der Waals surface area contributed by atoms with Crippen LogP contribution in [-0.4, -0.2) is 56.0 Å². The van der Waals surface area contributed by atoms with Crippen molar-refractivity contribution in [1.82, 2.24) is 9.21 Å². The zero-order chi connectivity index (χ0) is 13.3. The fourth-order valence-corrected chi connectivity index (χ4v) is 3.33. The Bertz CT molecular complexity index is 536. The molecule has 0 aromatic heterocycles. The molecule has 3 N–H and O–H groups in total. The van der Waals surface area contributed by atoms with Crippen LogP contribution >= 0.6 is 0 Å². The number of nitrogens with zero attached hydrogens (tertiary/aromatic N) is 2. The van der Waals surface area contributed by atoms with Crippen molar-refractivity contribution < 1.29 is 13.5 Å². The lowest BCUT2D eigenvalue weighted by molar-refractivity contribution is 0.222. The molecule has 1 aliphatic rings. The summed E-state index contributed by atoms with van der Waals surface area (Å²) in [6.45, 7) is 2.37. The first-order chi connectivity index (χ1) is 8.41. The number of rotatable bonds is 2. The highest BCUT2D eigenvalue weighted by atomic mass is 32.2. The van der Waals surface area contributed by atoms with Crippen LogP contribution < -0.4 is 5.73 Å². The van der Waals surface area contributed by atoms with Gasteiger partial charge in [0.05, 0.1) is 10.6 Å². The SMILES string of the molecule is CN1CCN(S(=O)(=O)c2ccc(O)c(N)c2)CC1. The second-order valence-electron chi connectivity index (χ2n) is 4.43. The van der Waals surface area contributed by atoms with E-state index < -0.39 is 10.0 Å². The van der Waals surface area contributed by atoms with Gasteiger partial charge in [0.25, 0.3) is 0 Å². The molecule has 7 heteroatoms. The average molecular weight is 271 g/mol. The normalized spacial score (nSPS) is 18.9. The summed E-state index contributed by atoms with van der Waals surface area (Å²) in [5.41, 5.74) is 5.60. The van der Waals surface area contributed by atoms with Gasteiger partial charge in [-0.25, -0.2) is 8.42 Å². The third-order valence-corrected chi connectivity index (χ3v) is 4.99. The molecule has 2 rings (SSSR count). The van der Waals surface area contributed by atoms with E-state index in [1.807, 2.05) is 7.05 Å². The Labute approximate surface area is 107 Å². The van der Waals surface area contributed by atoms with E-state index in [9.17, 15) is 13.5 Å². The van der Waals surface area contributed by atoms with E-state index in [0.29, 0.717) is 26.2 Å². The number of nitrogen functional groups attached to an aromatic ring is 1. The highest BCUT2D eigenvalue weighted by molar-refractivity contribution is 7.89. The monoisotopic (exact) mass is 271 g/mol. The third kappa shape index (κ3) is 2.43. The van der Waals surface area contributed by atoms with Crippen LogP contribution in [0.25, 0.3) is 0 Å². The molecule has 1 saturated heterocycles. The van der Waals surface area contributed by atoms with Gasteiger partial charge in [0.15, 0.2) is 0 Å². The van der Waals surface area contributed by atoms with Gasteiger partial charge in [0.2, 0.25) is 10.0 Å². The second kappa shape index (κ2) is 4.75. The first-order valence-electron chi connectivity index (χ1n) is 5.68. The number of nitrogens with two attached hydrogens (primary N) is 1. The maximum atomic E-state index is 12.3. The van der Waals surface area contributed by atoms with Crippen LogP contribution in [-0.2, 0) is 10.0 Å². The van der Waals surface area contributed by atoms with Crippen molar-refractivity contribution in [2.45, 2.75) is 4.90 Å². The van der Waals surface area contributed by atoms with Gasteiger partial charge in [-0.15, -0.1) is 0 Å². The van der Waals surface area contributed by atoms with E-state index in [1.165, 1.54) is 22.5 Å². The summed E-state index contributed by atoms with van der Waals surface area (Å²) in [5, 5.41) is 9.31. The molecule has 1 aromatic carbocycles. The fraction of sp³-hybridized carbons (Fsp3) is 0.455. The number of sulfonamides is 1. The van der Waals surface area contributed by atoms with Gasteiger partial charge < -0.3 is 15.7 Å². The largest absolute Gasteiger partial charge is 0.506 e. The average Bonchev–Trinajstić information content (AvgIpc) is 2.33. The fourth-order valence-electron chi connectivity index (χ4n) is 1.87. The van der Waals surface area contributed by atoms with Crippen LogP contribution in [0.1, 0.15) is 0 Å². The summed E-state index contributed by atoms with van der Waals surface area (Å²) in [4.78, 5) is 2.21. The number of likely N-dealkylation sites (N-methyl/N-ethyl adjacent to an activating group) is 1.